The van der Waals surface area contributed by atoms with Gasteiger partial charge < -0.3 is 15.0 Å². The summed E-state index contributed by atoms with van der Waals surface area (Å²) in [6, 6.07) is 4.89. The Bertz CT molecular complexity index is 410. The van der Waals surface area contributed by atoms with E-state index in [2.05, 4.69) is 21.3 Å². The average Bonchev–Trinajstić information content (AvgIpc) is 3.02. The molecular formula is C15H23N3O. The van der Waals surface area contributed by atoms with E-state index in [-0.39, 0.29) is 0 Å². The summed E-state index contributed by atoms with van der Waals surface area (Å²) in [6.45, 7) is 3.51. The van der Waals surface area contributed by atoms with Crippen LogP contribution in [-0.4, -0.2) is 37.8 Å². The van der Waals surface area contributed by atoms with Gasteiger partial charge in [0.15, 0.2) is 0 Å². The van der Waals surface area contributed by atoms with Crippen molar-refractivity contribution in [2.24, 2.45) is 5.92 Å². The maximum Gasteiger partial charge on any atom is 0.214 e. The second-order valence-electron chi connectivity index (χ2n) is 5.58. The fraction of sp³-hybridized carbons (Fsp3) is 0.667. The third-order valence-electron chi connectivity index (χ3n) is 4.50. The summed E-state index contributed by atoms with van der Waals surface area (Å²) >= 11 is 0. The maximum atomic E-state index is 5.20. The first-order valence-corrected chi connectivity index (χ1v) is 7.35. The number of rotatable bonds is 3. The number of piperidine rings is 1. The molecule has 0 saturated carbocycles. The molecule has 104 valence electrons. The molecule has 1 aromatic heterocycles. The molecule has 4 heteroatoms. The monoisotopic (exact) mass is 261 g/mol. The largest absolute Gasteiger partial charge is 0.481 e. The number of anilines is 1. The van der Waals surface area contributed by atoms with Gasteiger partial charge >= 0.3 is 0 Å². The molecule has 1 N–H and O–H groups in total. The first kappa shape index (κ1) is 12.7. The van der Waals surface area contributed by atoms with E-state index >= 15 is 0 Å². The predicted octanol–water partition coefficient (Wildman–Crippen LogP) is 2.06. The van der Waals surface area contributed by atoms with E-state index in [0.29, 0.717) is 5.88 Å². The highest BCUT2D eigenvalue weighted by Gasteiger charge is 2.28. The number of hydrogen-bond donors (Lipinski definition) is 1. The quantitative estimate of drug-likeness (QED) is 0.903. The van der Waals surface area contributed by atoms with E-state index in [4.69, 9.17) is 4.74 Å². The second-order valence-corrected chi connectivity index (χ2v) is 5.58. The fourth-order valence-electron chi connectivity index (χ4n) is 3.38. The number of hydrogen-bond acceptors (Lipinski definition) is 4. The molecule has 3 heterocycles. The molecule has 1 atom stereocenters. The van der Waals surface area contributed by atoms with Crippen LogP contribution in [-0.2, 0) is 0 Å². The number of methoxy groups -OCH3 is 1. The van der Waals surface area contributed by atoms with Gasteiger partial charge in [-0.2, -0.15) is 0 Å². The molecule has 1 unspecified atom stereocenters. The van der Waals surface area contributed by atoms with Gasteiger partial charge in [-0.25, -0.2) is 4.98 Å². The van der Waals surface area contributed by atoms with Crippen LogP contribution in [0.3, 0.4) is 0 Å². The van der Waals surface area contributed by atoms with Crippen molar-refractivity contribution < 1.29 is 4.74 Å². The number of nitrogens with one attached hydrogen (secondary N) is 1. The first-order chi connectivity index (χ1) is 9.36. The number of pyridine rings is 1. The van der Waals surface area contributed by atoms with E-state index in [1.54, 1.807) is 7.11 Å². The van der Waals surface area contributed by atoms with Crippen molar-refractivity contribution in [3.05, 3.63) is 18.3 Å². The molecule has 1 aromatic rings. The van der Waals surface area contributed by atoms with Crippen molar-refractivity contribution in [1.29, 1.82) is 0 Å². The Labute approximate surface area is 115 Å². The predicted molar refractivity (Wildman–Crippen MR) is 76.8 cm³/mol. The van der Waals surface area contributed by atoms with Gasteiger partial charge in [0.1, 0.15) is 0 Å². The molecule has 2 aliphatic heterocycles. The molecule has 0 aromatic carbocycles. The summed E-state index contributed by atoms with van der Waals surface area (Å²) in [5.41, 5.74) is 1.24. The highest BCUT2D eigenvalue weighted by Crippen LogP contribution is 2.29. The van der Waals surface area contributed by atoms with Crippen molar-refractivity contribution in [2.45, 2.75) is 31.7 Å². The lowest BCUT2D eigenvalue weighted by atomic mass is 9.88. The molecule has 4 nitrogen and oxygen atoms in total. The zero-order valence-electron chi connectivity index (χ0n) is 11.6. The van der Waals surface area contributed by atoms with Gasteiger partial charge in [0.25, 0.3) is 0 Å². The van der Waals surface area contributed by atoms with E-state index in [1.807, 2.05) is 12.3 Å². The van der Waals surface area contributed by atoms with E-state index in [9.17, 15) is 0 Å². The fourth-order valence-corrected chi connectivity index (χ4v) is 3.38. The summed E-state index contributed by atoms with van der Waals surface area (Å²) in [4.78, 5) is 6.63. The second kappa shape index (κ2) is 5.78. The molecule has 2 saturated heterocycles. The molecule has 2 fully saturated rings. The Hall–Kier alpha value is -1.29. The first-order valence-electron chi connectivity index (χ1n) is 7.35. The van der Waals surface area contributed by atoms with Crippen LogP contribution in [0.15, 0.2) is 18.3 Å². The lowest BCUT2D eigenvalue weighted by Crippen LogP contribution is -2.40. The summed E-state index contributed by atoms with van der Waals surface area (Å²) in [5.74, 6) is 1.57. The van der Waals surface area contributed by atoms with Crippen LogP contribution in [0.2, 0.25) is 0 Å². The minimum absolute atomic E-state index is 0.706. The molecule has 2 aliphatic rings. The van der Waals surface area contributed by atoms with Crippen LogP contribution >= 0.6 is 0 Å². The standard InChI is InChI=1S/C15H23N3O/c1-19-15-11-13(4-8-17-15)18-9-5-12(6-10-18)14-3-2-7-16-14/h4,8,11-12,14,16H,2-3,5-7,9-10H2,1H3. The number of nitrogens with zero attached hydrogens (tertiary/aromatic N) is 2. The van der Waals surface area contributed by atoms with Crippen LogP contribution in [0.4, 0.5) is 5.69 Å². The van der Waals surface area contributed by atoms with Crippen LogP contribution in [0, 0.1) is 5.92 Å². The van der Waals surface area contributed by atoms with E-state index in [1.165, 1.54) is 37.9 Å². The summed E-state index contributed by atoms with van der Waals surface area (Å²) in [6.07, 6.45) is 7.14. The van der Waals surface area contributed by atoms with E-state index < -0.39 is 0 Å². The van der Waals surface area contributed by atoms with Crippen LogP contribution in [0.1, 0.15) is 25.7 Å². The minimum Gasteiger partial charge on any atom is -0.481 e. The normalized spacial score (nSPS) is 24.7. The SMILES string of the molecule is COc1cc(N2CCC(C3CCCN3)CC2)ccn1. The van der Waals surface area contributed by atoms with E-state index in [0.717, 1.165) is 25.0 Å². The topological polar surface area (TPSA) is 37.4 Å². The van der Waals surface area contributed by atoms with Crippen LogP contribution in [0.25, 0.3) is 0 Å². The number of aromatic nitrogens is 1. The Kier molecular flexibility index (Phi) is 3.87. The van der Waals surface area contributed by atoms with Gasteiger partial charge in [-0.15, -0.1) is 0 Å². The summed E-state index contributed by atoms with van der Waals surface area (Å²) in [7, 11) is 1.67. The molecule has 19 heavy (non-hydrogen) atoms. The summed E-state index contributed by atoms with van der Waals surface area (Å²) < 4.78 is 5.20. The average molecular weight is 261 g/mol. The molecule has 0 bridgehead atoms. The smallest absolute Gasteiger partial charge is 0.214 e. The lowest BCUT2D eigenvalue weighted by molar-refractivity contribution is 0.319. The molecule has 0 aliphatic carbocycles. The van der Waals surface area contributed by atoms with Crippen molar-refractivity contribution in [3.8, 4) is 5.88 Å². The van der Waals surface area contributed by atoms with Crippen molar-refractivity contribution in [3.63, 3.8) is 0 Å². The van der Waals surface area contributed by atoms with Gasteiger partial charge in [-0.3, -0.25) is 0 Å². The van der Waals surface area contributed by atoms with Crippen molar-refractivity contribution in [2.75, 3.05) is 31.6 Å². The van der Waals surface area contributed by atoms with Crippen LogP contribution < -0.4 is 15.0 Å². The molecule has 0 spiro atoms. The van der Waals surface area contributed by atoms with Crippen molar-refractivity contribution >= 4 is 5.69 Å². The zero-order valence-corrected chi connectivity index (χ0v) is 11.6. The van der Waals surface area contributed by atoms with Gasteiger partial charge in [-0.1, -0.05) is 0 Å². The highest BCUT2D eigenvalue weighted by atomic mass is 16.5. The maximum absolute atomic E-state index is 5.20. The Balaban J connectivity index is 1.59. The molecular weight excluding hydrogens is 238 g/mol. The van der Waals surface area contributed by atoms with Crippen molar-refractivity contribution in [1.82, 2.24) is 10.3 Å². The minimum atomic E-state index is 0.706. The van der Waals surface area contributed by atoms with Gasteiger partial charge in [0, 0.05) is 37.1 Å². The molecule has 0 radical (unpaired) electrons. The lowest BCUT2D eigenvalue weighted by Gasteiger charge is -2.36. The zero-order chi connectivity index (χ0) is 13.1. The Morgan fingerprint density at radius 2 is 2.16 bits per heavy atom. The Morgan fingerprint density at radius 3 is 2.84 bits per heavy atom. The number of ether oxygens (including phenoxy) is 1. The molecule has 3 rings (SSSR count). The van der Waals surface area contributed by atoms with Gasteiger partial charge in [0.2, 0.25) is 5.88 Å². The van der Waals surface area contributed by atoms with Gasteiger partial charge in [0.05, 0.1) is 7.11 Å². The third-order valence-corrected chi connectivity index (χ3v) is 4.50. The summed E-state index contributed by atoms with van der Waals surface area (Å²) in [5, 5.41) is 3.65. The molecule has 0 amide bonds. The van der Waals surface area contributed by atoms with Gasteiger partial charge in [-0.05, 0) is 44.2 Å². The van der Waals surface area contributed by atoms with Crippen LogP contribution in [0.5, 0.6) is 5.88 Å². The third kappa shape index (κ3) is 2.84. The highest BCUT2D eigenvalue weighted by molar-refractivity contribution is 5.48. The Morgan fingerprint density at radius 1 is 1.32 bits per heavy atom.